The number of carbonyl (C=O) groups is 1. The smallest absolute Gasteiger partial charge is 0.253 e. The Morgan fingerprint density at radius 3 is 2.70 bits per heavy atom. The van der Waals surface area contributed by atoms with Crippen LogP contribution in [0.3, 0.4) is 0 Å². The number of hydrogen-bond acceptors (Lipinski definition) is 3. The standard InChI is InChI=1S/C21H22FN3OS/c1-15-13-18(16(2)25(15)20-9-5-6-10-23-20)21(26)24-11-12-27-14-17-7-3-4-8-19(17)22/h3-10,13H,11-12,14H2,1-2H3,(H,24,26). The second-order valence-corrected chi connectivity index (χ2v) is 7.31. The maximum atomic E-state index is 13.6. The van der Waals surface area contributed by atoms with Crippen molar-refractivity contribution in [1.82, 2.24) is 14.9 Å². The molecular formula is C21H22FN3OS. The lowest BCUT2D eigenvalue weighted by Crippen LogP contribution is -2.26. The zero-order chi connectivity index (χ0) is 19.2. The van der Waals surface area contributed by atoms with Gasteiger partial charge in [-0.15, -0.1) is 0 Å². The Morgan fingerprint density at radius 1 is 1.19 bits per heavy atom. The predicted octanol–water partition coefficient (Wildman–Crippen LogP) is 4.29. The molecule has 0 aliphatic carbocycles. The summed E-state index contributed by atoms with van der Waals surface area (Å²) in [6, 6.07) is 14.4. The minimum absolute atomic E-state index is 0.100. The van der Waals surface area contributed by atoms with Crippen molar-refractivity contribution >= 4 is 17.7 Å². The average Bonchev–Trinajstić information content (AvgIpc) is 2.97. The molecule has 0 aliphatic rings. The molecule has 27 heavy (non-hydrogen) atoms. The number of benzene rings is 1. The van der Waals surface area contributed by atoms with E-state index >= 15 is 0 Å². The van der Waals surface area contributed by atoms with Crippen molar-refractivity contribution in [2.45, 2.75) is 19.6 Å². The molecule has 0 spiro atoms. The van der Waals surface area contributed by atoms with Crippen LogP contribution in [0.5, 0.6) is 0 Å². The van der Waals surface area contributed by atoms with E-state index in [1.165, 1.54) is 6.07 Å². The van der Waals surface area contributed by atoms with E-state index in [4.69, 9.17) is 0 Å². The number of amides is 1. The van der Waals surface area contributed by atoms with Crippen LogP contribution in [-0.2, 0) is 5.75 Å². The maximum Gasteiger partial charge on any atom is 0.253 e. The Morgan fingerprint density at radius 2 is 1.96 bits per heavy atom. The van der Waals surface area contributed by atoms with Gasteiger partial charge in [-0.25, -0.2) is 9.37 Å². The molecule has 0 fully saturated rings. The van der Waals surface area contributed by atoms with E-state index in [2.05, 4.69) is 10.3 Å². The zero-order valence-corrected chi connectivity index (χ0v) is 16.2. The van der Waals surface area contributed by atoms with E-state index in [-0.39, 0.29) is 11.7 Å². The number of carbonyl (C=O) groups excluding carboxylic acids is 1. The van der Waals surface area contributed by atoms with Gasteiger partial charge in [-0.1, -0.05) is 24.3 Å². The molecule has 3 aromatic rings. The number of rotatable bonds is 7. The highest BCUT2D eigenvalue weighted by molar-refractivity contribution is 7.98. The Labute approximate surface area is 162 Å². The van der Waals surface area contributed by atoms with E-state index in [9.17, 15) is 9.18 Å². The summed E-state index contributed by atoms with van der Waals surface area (Å²) in [4.78, 5) is 16.9. The molecule has 1 aromatic carbocycles. The van der Waals surface area contributed by atoms with Crippen molar-refractivity contribution in [2.75, 3.05) is 12.3 Å². The number of aryl methyl sites for hydroxylation is 1. The van der Waals surface area contributed by atoms with Crippen LogP contribution in [-0.4, -0.2) is 27.8 Å². The number of aromatic nitrogens is 2. The van der Waals surface area contributed by atoms with E-state index in [1.54, 1.807) is 30.1 Å². The summed E-state index contributed by atoms with van der Waals surface area (Å²) in [5, 5.41) is 2.95. The molecule has 4 nitrogen and oxygen atoms in total. The second-order valence-electron chi connectivity index (χ2n) is 6.21. The number of nitrogens with zero attached hydrogens (tertiary/aromatic N) is 2. The van der Waals surface area contributed by atoms with Crippen LogP contribution in [0.1, 0.15) is 27.3 Å². The quantitative estimate of drug-likeness (QED) is 0.619. The van der Waals surface area contributed by atoms with Gasteiger partial charge in [0.1, 0.15) is 11.6 Å². The largest absolute Gasteiger partial charge is 0.351 e. The Bertz CT molecular complexity index is 924. The lowest BCUT2D eigenvalue weighted by molar-refractivity contribution is 0.0955. The van der Waals surface area contributed by atoms with E-state index in [1.807, 2.05) is 48.7 Å². The third-order valence-electron chi connectivity index (χ3n) is 4.30. The number of pyridine rings is 1. The molecule has 2 aromatic heterocycles. The van der Waals surface area contributed by atoms with Gasteiger partial charge in [0.2, 0.25) is 0 Å². The van der Waals surface area contributed by atoms with Gasteiger partial charge in [-0.05, 0) is 43.7 Å². The molecule has 0 aliphatic heterocycles. The number of nitrogens with one attached hydrogen (secondary N) is 1. The van der Waals surface area contributed by atoms with Crippen LogP contribution in [0.4, 0.5) is 4.39 Å². The lowest BCUT2D eigenvalue weighted by Gasteiger charge is -2.09. The first-order chi connectivity index (χ1) is 13.1. The van der Waals surface area contributed by atoms with Crippen molar-refractivity contribution in [3.63, 3.8) is 0 Å². The van der Waals surface area contributed by atoms with E-state index < -0.39 is 0 Å². The van der Waals surface area contributed by atoms with Gasteiger partial charge < -0.3 is 9.88 Å². The van der Waals surface area contributed by atoms with Gasteiger partial charge in [-0.2, -0.15) is 11.8 Å². The third-order valence-corrected chi connectivity index (χ3v) is 5.31. The van der Waals surface area contributed by atoms with Crippen molar-refractivity contribution in [3.05, 3.63) is 83.1 Å². The normalized spacial score (nSPS) is 10.8. The monoisotopic (exact) mass is 383 g/mol. The van der Waals surface area contributed by atoms with Gasteiger partial charge in [0.15, 0.2) is 0 Å². The summed E-state index contributed by atoms with van der Waals surface area (Å²) < 4.78 is 15.6. The highest BCUT2D eigenvalue weighted by Gasteiger charge is 2.16. The average molecular weight is 383 g/mol. The van der Waals surface area contributed by atoms with E-state index in [0.717, 1.165) is 23.0 Å². The minimum atomic E-state index is -0.184. The molecular weight excluding hydrogens is 361 g/mol. The van der Waals surface area contributed by atoms with Crippen LogP contribution < -0.4 is 5.32 Å². The Kier molecular flexibility index (Phi) is 6.29. The first kappa shape index (κ1) is 19.2. The Balaban J connectivity index is 1.55. The summed E-state index contributed by atoms with van der Waals surface area (Å²) in [6.07, 6.45) is 1.74. The summed E-state index contributed by atoms with van der Waals surface area (Å²) in [6.45, 7) is 4.41. The van der Waals surface area contributed by atoms with Crippen LogP contribution in [0.15, 0.2) is 54.7 Å². The van der Waals surface area contributed by atoms with Gasteiger partial charge in [0.05, 0.1) is 5.56 Å². The number of hydrogen-bond donors (Lipinski definition) is 1. The molecule has 0 saturated carbocycles. The molecule has 0 unspecified atom stereocenters. The van der Waals surface area contributed by atoms with Crippen LogP contribution in [0.2, 0.25) is 0 Å². The molecule has 0 bridgehead atoms. The topological polar surface area (TPSA) is 46.9 Å². The van der Waals surface area contributed by atoms with Crippen LogP contribution in [0.25, 0.3) is 5.82 Å². The number of halogens is 1. The molecule has 6 heteroatoms. The highest BCUT2D eigenvalue weighted by Crippen LogP contribution is 2.19. The minimum Gasteiger partial charge on any atom is -0.351 e. The fraction of sp³-hybridized carbons (Fsp3) is 0.238. The first-order valence-electron chi connectivity index (χ1n) is 8.77. The molecule has 3 rings (SSSR count). The van der Waals surface area contributed by atoms with Gasteiger partial charge in [0, 0.05) is 35.6 Å². The van der Waals surface area contributed by atoms with Crippen molar-refractivity contribution in [1.29, 1.82) is 0 Å². The highest BCUT2D eigenvalue weighted by atomic mass is 32.2. The fourth-order valence-electron chi connectivity index (χ4n) is 2.96. The SMILES string of the molecule is Cc1cc(C(=O)NCCSCc2ccccc2F)c(C)n1-c1ccccn1. The summed E-state index contributed by atoms with van der Waals surface area (Å²) >= 11 is 1.60. The molecule has 1 amide bonds. The fourth-order valence-corrected chi connectivity index (χ4v) is 3.81. The second kappa shape index (κ2) is 8.86. The lowest BCUT2D eigenvalue weighted by atomic mass is 10.2. The van der Waals surface area contributed by atoms with Crippen molar-refractivity contribution in [3.8, 4) is 5.82 Å². The van der Waals surface area contributed by atoms with Crippen LogP contribution >= 0.6 is 11.8 Å². The summed E-state index contributed by atoms with van der Waals surface area (Å²) in [5.41, 5.74) is 3.16. The van der Waals surface area contributed by atoms with Crippen LogP contribution in [0, 0.1) is 19.7 Å². The van der Waals surface area contributed by atoms with Gasteiger partial charge in [-0.3, -0.25) is 4.79 Å². The van der Waals surface area contributed by atoms with E-state index in [0.29, 0.717) is 23.4 Å². The molecule has 2 heterocycles. The summed E-state index contributed by atoms with van der Waals surface area (Å²) in [5.74, 6) is 1.83. The Hall–Kier alpha value is -2.60. The molecule has 0 atom stereocenters. The third kappa shape index (κ3) is 4.57. The predicted molar refractivity (Wildman–Crippen MR) is 108 cm³/mol. The van der Waals surface area contributed by atoms with Gasteiger partial charge in [0.25, 0.3) is 5.91 Å². The zero-order valence-electron chi connectivity index (χ0n) is 15.4. The molecule has 1 N–H and O–H groups in total. The molecule has 140 valence electrons. The summed E-state index contributed by atoms with van der Waals surface area (Å²) in [7, 11) is 0. The van der Waals surface area contributed by atoms with Crippen molar-refractivity contribution in [2.24, 2.45) is 0 Å². The maximum absolute atomic E-state index is 13.6. The number of thioether (sulfide) groups is 1. The van der Waals surface area contributed by atoms with Crippen molar-refractivity contribution < 1.29 is 9.18 Å². The molecule has 0 radical (unpaired) electrons. The van der Waals surface area contributed by atoms with Gasteiger partial charge >= 0.3 is 0 Å². The molecule has 0 saturated heterocycles. The first-order valence-corrected chi connectivity index (χ1v) is 9.93.